The van der Waals surface area contributed by atoms with E-state index in [9.17, 15) is 9.59 Å². The molecule has 1 aliphatic rings. The van der Waals surface area contributed by atoms with Gasteiger partial charge in [0.1, 0.15) is 0 Å². The topological polar surface area (TPSA) is 76.7 Å². The highest BCUT2D eigenvalue weighted by molar-refractivity contribution is 5.85. The molecule has 1 amide bonds. The Hall–Kier alpha value is -0.850. The Balaban J connectivity index is 0.00000441. The first-order valence-electron chi connectivity index (χ1n) is 7.56. The van der Waals surface area contributed by atoms with Crippen LogP contribution in [-0.2, 0) is 19.1 Å². The fourth-order valence-electron chi connectivity index (χ4n) is 2.75. The van der Waals surface area contributed by atoms with Gasteiger partial charge in [-0.3, -0.25) is 9.59 Å². The molecule has 130 valence electrons. The molecule has 1 saturated heterocycles. The van der Waals surface area contributed by atoms with Gasteiger partial charge in [0.05, 0.1) is 25.7 Å². The van der Waals surface area contributed by atoms with Gasteiger partial charge >= 0.3 is 5.97 Å². The molecule has 1 atom stereocenters. The Morgan fingerprint density at radius 3 is 2.45 bits per heavy atom. The van der Waals surface area contributed by atoms with Gasteiger partial charge in [0.15, 0.2) is 0 Å². The van der Waals surface area contributed by atoms with E-state index in [1.165, 1.54) is 7.11 Å². The lowest BCUT2D eigenvalue weighted by Gasteiger charge is -2.29. The number of halogens is 1. The normalized spacial score (nSPS) is 18.0. The lowest BCUT2D eigenvalue weighted by Crippen LogP contribution is -2.51. The van der Waals surface area contributed by atoms with Crippen LogP contribution in [0.4, 0.5) is 0 Å². The molecular formula is C15H29ClN2O4. The number of nitrogens with one attached hydrogen (secondary N) is 2. The molecule has 1 rings (SSSR count). The molecule has 0 aliphatic carbocycles. The summed E-state index contributed by atoms with van der Waals surface area (Å²) in [6.07, 6.45) is 3.76. The molecule has 1 fully saturated rings. The average molecular weight is 337 g/mol. The van der Waals surface area contributed by atoms with E-state index < -0.39 is 5.54 Å². The minimum absolute atomic E-state index is 0. The molecule has 6 nitrogen and oxygen atoms in total. The van der Waals surface area contributed by atoms with Crippen LogP contribution in [0.3, 0.4) is 0 Å². The maximum atomic E-state index is 12.1. The zero-order chi connectivity index (χ0) is 15.7. The standard InChI is InChI=1S/C15H28N2O4.ClH/c1-15(11-20-2,10-14(19)21-3)17-13(18)5-4-12-6-8-16-9-7-12;/h12,16H,4-11H2,1-3H3,(H,17,18);1H. The summed E-state index contributed by atoms with van der Waals surface area (Å²) >= 11 is 0. The van der Waals surface area contributed by atoms with Crippen LogP contribution >= 0.6 is 12.4 Å². The number of carbonyl (C=O) groups excluding carboxylic acids is 2. The summed E-state index contributed by atoms with van der Waals surface area (Å²) in [5.74, 6) is 0.233. The van der Waals surface area contributed by atoms with Crippen molar-refractivity contribution in [2.24, 2.45) is 5.92 Å². The van der Waals surface area contributed by atoms with E-state index in [-0.39, 0.29) is 37.3 Å². The van der Waals surface area contributed by atoms with E-state index in [1.54, 1.807) is 14.0 Å². The Kier molecular flexibility index (Phi) is 10.4. The third kappa shape index (κ3) is 7.96. The smallest absolute Gasteiger partial charge is 0.307 e. The number of amides is 1. The number of hydrogen-bond acceptors (Lipinski definition) is 5. The molecule has 0 bridgehead atoms. The van der Waals surface area contributed by atoms with Crippen molar-refractivity contribution < 1.29 is 19.1 Å². The van der Waals surface area contributed by atoms with Gasteiger partial charge in [-0.05, 0) is 45.2 Å². The molecule has 1 aliphatic heterocycles. The minimum Gasteiger partial charge on any atom is -0.469 e. The number of rotatable bonds is 8. The summed E-state index contributed by atoms with van der Waals surface area (Å²) in [6, 6.07) is 0. The minimum atomic E-state index is -0.715. The molecule has 7 heteroatoms. The van der Waals surface area contributed by atoms with E-state index in [2.05, 4.69) is 15.4 Å². The van der Waals surface area contributed by atoms with Crippen molar-refractivity contribution in [2.45, 2.75) is 44.6 Å². The molecule has 0 aromatic carbocycles. The lowest BCUT2D eigenvalue weighted by molar-refractivity contribution is -0.143. The largest absolute Gasteiger partial charge is 0.469 e. The zero-order valence-corrected chi connectivity index (χ0v) is 14.6. The van der Waals surface area contributed by atoms with E-state index in [0.717, 1.165) is 32.4 Å². The maximum absolute atomic E-state index is 12.1. The van der Waals surface area contributed by atoms with Crippen LogP contribution < -0.4 is 10.6 Å². The number of carbonyl (C=O) groups is 2. The third-order valence-corrected chi connectivity index (χ3v) is 3.90. The Morgan fingerprint density at radius 1 is 1.27 bits per heavy atom. The van der Waals surface area contributed by atoms with Crippen LogP contribution in [0.5, 0.6) is 0 Å². The molecule has 1 heterocycles. The number of hydrogen-bond donors (Lipinski definition) is 2. The Bertz CT molecular complexity index is 348. The van der Waals surface area contributed by atoms with Crippen molar-refractivity contribution in [1.29, 1.82) is 0 Å². The van der Waals surface area contributed by atoms with Crippen molar-refractivity contribution in [3.8, 4) is 0 Å². The molecular weight excluding hydrogens is 308 g/mol. The Labute approximate surface area is 139 Å². The van der Waals surface area contributed by atoms with Crippen LogP contribution in [0.25, 0.3) is 0 Å². The Morgan fingerprint density at radius 2 is 1.91 bits per heavy atom. The van der Waals surface area contributed by atoms with E-state index >= 15 is 0 Å². The van der Waals surface area contributed by atoms with Crippen molar-refractivity contribution in [3.05, 3.63) is 0 Å². The average Bonchev–Trinajstić information content (AvgIpc) is 2.46. The monoisotopic (exact) mass is 336 g/mol. The van der Waals surface area contributed by atoms with Crippen molar-refractivity contribution in [3.63, 3.8) is 0 Å². The molecule has 0 spiro atoms. The molecule has 0 saturated carbocycles. The summed E-state index contributed by atoms with van der Waals surface area (Å²) in [5.41, 5.74) is -0.715. The van der Waals surface area contributed by atoms with Crippen LogP contribution in [0.15, 0.2) is 0 Å². The van der Waals surface area contributed by atoms with Gasteiger partial charge in [0.25, 0.3) is 0 Å². The lowest BCUT2D eigenvalue weighted by atomic mass is 9.92. The predicted molar refractivity (Wildman–Crippen MR) is 87.1 cm³/mol. The van der Waals surface area contributed by atoms with Crippen molar-refractivity contribution in [1.82, 2.24) is 10.6 Å². The summed E-state index contributed by atoms with van der Waals surface area (Å²) in [6.45, 7) is 4.16. The van der Waals surface area contributed by atoms with Gasteiger partial charge in [0, 0.05) is 13.5 Å². The number of piperidine rings is 1. The zero-order valence-electron chi connectivity index (χ0n) is 13.8. The van der Waals surface area contributed by atoms with E-state index in [4.69, 9.17) is 4.74 Å². The number of methoxy groups -OCH3 is 2. The van der Waals surface area contributed by atoms with Gasteiger partial charge in [-0.2, -0.15) is 0 Å². The second-order valence-electron chi connectivity index (χ2n) is 6.03. The van der Waals surface area contributed by atoms with Crippen molar-refractivity contribution >= 4 is 24.3 Å². The highest BCUT2D eigenvalue weighted by Crippen LogP contribution is 2.18. The first kappa shape index (κ1) is 21.1. The SMILES string of the molecule is COCC(C)(CC(=O)OC)NC(=O)CCC1CCNCC1.Cl. The number of ether oxygens (including phenoxy) is 2. The van der Waals surface area contributed by atoms with Crippen LogP contribution in [0.1, 0.15) is 39.0 Å². The summed E-state index contributed by atoms with van der Waals surface area (Å²) < 4.78 is 9.79. The van der Waals surface area contributed by atoms with E-state index in [0.29, 0.717) is 12.3 Å². The van der Waals surface area contributed by atoms with Gasteiger partial charge < -0.3 is 20.1 Å². The van der Waals surface area contributed by atoms with Gasteiger partial charge in [-0.1, -0.05) is 0 Å². The highest BCUT2D eigenvalue weighted by atomic mass is 35.5. The molecule has 22 heavy (non-hydrogen) atoms. The quantitative estimate of drug-likeness (QED) is 0.653. The fourth-order valence-corrected chi connectivity index (χ4v) is 2.75. The fraction of sp³-hybridized carbons (Fsp3) is 0.867. The van der Waals surface area contributed by atoms with Crippen LogP contribution in [0.2, 0.25) is 0 Å². The molecule has 1 unspecified atom stereocenters. The second kappa shape index (κ2) is 10.8. The molecule has 0 radical (unpaired) electrons. The molecule has 2 N–H and O–H groups in total. The van der Waals surface area contributed by atoms with Gasteiger partial charge in [-0.25, -0.2) is 0 Å². The maximum Gasteiger partial charge on any atom is 0.307 e. The first-order valence-corrected chi connectivity index (χ1v) is 7.56. The van der Waals surface area contributed by atoms with E-state index in [1.807, 2.05) is 0 Å². The summed E-state index contributed by atoms with van der Waals surface area (Å²) in [7, 11) is 2.89. The second-order valence-corrected chi connectivity index (χ2v) is 6.03. The predicted octanol–water partition coefficient (Wildman–Crippen LogP) is 1.27. The third-order valence-electron chi connectivity index (χ3n) is 3.90. The summed E-state index contributed by atoms with van der Waals surface area (Å²) in [5, 5.41) is 6.24. The molecule has 0 aromatic rings. The van der Waals surface area contributed by atoms with Crippen molar-refractivity contribution in [2.75, 3.05) is 33.9 Å². The highest BCUT2D eigenvalue weighted by Gasteiger charge is 2.30. The van der Waals surface area contributed by atoms with Crippen LogP contribution in [0, 0.1) is 5.92 Å². The van der Waals surface area contributed by atoms with Gasteiger partial charge in [-0.15, -0.1) is 12.4 Å². The summed E-state index contributed by atoms with van der Waals surface area (Å²) in [4.78, 5) is 23.6. The van der Waals surface area contributed by atoms with Crippen LogP contribution in [-0.4, -0.2) is 51.3 Å². The van der Waals surface area contributed by atoms with Gasteiger partial charge in [0.2, 0.25) is 5.91 Å². The molecule has 0 aromatic heterocycles. The number of esters is 1. The first-order chi connectivity index (χ1) is 9.99.